The quantitative estimate of drug-likeness (QED) is 0.775. The van der Waals surface area contributed by atoms with E-state index in [1.807, 2.05) is 35.2 Å². The lowest BCUT2D eigenvalue weighted by molar-refractivity contribution is -0.140. The van der Waals surface area contributed by atoms with Crippen molar-refractivity contribution in [3.05, 3.63) is 53.9 Å². The van der Waals surface area contributed by atoms with Gasteiger partial charge in [0.25, 0.3) is 0 Å². The number of piperidine rings is 1. The first-order chi connectivity index (χ1) is 13.2. The fourth-order valence-corrected chi connectivity index (χ4v) is 4.03. The van der Waals surface area contributed by atoms with Crippen LogP contribution in [0.2, 0.25) is 0 Å². The third-order valence-corrected chi connectivity index (χ3v) is 5.56. The van der Waals surface area contributed by atoms with Gasteiger partial charge >= 0.3 is 0 Å². The minimum absolute atomic E-state index is 0.0671. The predicted molar refractivity (Wildman–Crippen MR) is 99.9 cm³/mol. The number of rotatable bonds is 4. The van der Waals surface area contributed by atoms with Gasteiger partial charge in [-0.2, -0.15) is 0 Å². The zero-order valence-corrected chi connectivity index (χ0v) is 15.6. The molecule has 1 aromatic carbocycles. The molecule has 2 aliphatic rings. The number of hydrogen-bond acceptors (Lipinski definition) is 5. The highest BCUT2D eigenvalue weighted by Gasteiger charge is 2.38. The van der Waals surface area contributed by atoms with E-state index in [1.54, 1.807) is 4.68 Å². The highest BCUT2D eigenvalue weighted by molar-refractivity contribution is 5.80. The van der Waals surface area contributed by atoms with Crippen LogP contribution in [-0.4, -0.2) is 56.3 Å². The molecule has 0 bridgehead atoms. The molecule has 1 unspecified atom stereocenters. The molecule has 2 aliphatic heterocycles. The monoisotopic (exact) mass is 367 g/mol. The Bertz CT molecular complexity index is 795. The molecule has 1 saturated heterocycles. The second kappa shape index (κ2) is 7.60. The second-order valence-corrected chi connectivity index (χ2v) is 7.47. The van der Waals surface area contributed by atoms with Gasteiger partial charge in [-0.3, -0.25) is 4.79 Å². The van der Waals surface area contributed by atoms with Gasteiger partial charge in [0, 0.05) is 19.5 Å². The first kappa shape index (κ1) is 17.9. The number of carbonyl (C=O) groups is 1. The molecule has 142 valence electrons. The lowest BCUT2D eigenvalue weighted by Gasteiger charge is -2.42. The van der Waals surface area contributed by atoms with E-state index in [9.17, 15) is 4.79 Å². The summed E-state index contributed by atoms with van der Waals surface area (Å²) in [6, 6.07) is 9.56. The summed E-state index contributed by atoms with van der Waals surface area (Å²) in [7, 11) is 0. The van der Waals surface area contributed by atoms with Gasteiger partial charge in [-0.25, -0.2) is 4.68 Å². The molecule has 0 aliphatic carbocycles. The molecule has 1 aromatic heterocycles. The Morgan fingerprint density at radius 2 is 2.04 bits per heavy atom. The molecule has 1 amide bonds. The Labute approximate surface area is 159 Å². The van der Waals surface area contributed by atoms with Gasteiger partial charge in [-0.05, 0) is 42.2 Å². The van der Waals surface area contributed by atoms with Crippen molar-refractivity contribution in [3.8, 4) is 0 Å². The van der Waals surface area contributed by atoms with E-state index in [0.717, 1.165) is 31.4 Å². The topological polar surface area (TPSA) is 73.1 Å². The first-order valence-corrected chi connectivity index (χ1v) is 9.53. The number of hydrogen-bond donors (Lipinski definition) is 0. The number of aromatic nitrogens is 4. The summed E-state index contributed by atoms with van der Waals surface area (Å²) >= 11 is 0. The van der Waals surface area contributed by atoms with E-state index >= 15 is 0 Å². The highest BCUT2D eigenvalue weighted by atomic mass is 16.5. The Kier molecular flexibility index (Phi) is 5.03. The van der Waals surface area contributed by atoms with Crippen LogP contribution in [0.15, 0.2) is 48.3 Å². The summed E-state index contributed by atoms with van der Waals surface area (Å²) < 4.78 is 7.65. The molecule has 0 radical (unpaired) electrons. The maximum atomic E-state index is 13.3. The molecule has 2 aromatic rings. The fourth-order valence-electron chi connectivity index (χ4n) is 4.03. The van der Waals surface area contributed by atoms with E-state index in [-0.39, 0.29) is 11.5 Å². The van der Waals surface area contributed by atoms with Crippen molar-refractivity contribution in [2.45, 2.75) is 44.2 Å². The second-order valence-electron chi connectivity index (χ2n) is 7.47. The van der Waals surface area contributed by atoms with Gasteiger partial charge in [0.05, 0.1) is 12.2 Å². The lowest BCUT2D eigenvalue weighted by Crippen LogP contribution is -2.50. The van der Waals surface area contributed by atoms with Gasteiger partial charge < -0.3 is 9.64 Å². The number of tetrazole rings is 1. The van der Waals surface area contributed by atoms with Crippen LogP contribution in [0.4, 0.5) is 0 Å². The van der Waals surface area contributed by atoms with Crippen LogP contribution in [0.1, 0.15) is 37.8 Å². The number of ether oxygens (including phenoxy) is 1. The molecule has 3 heterocycles. The van der Waals surface area contributed by atoms with Crippen LogP contribution in [0, 0.1) is 0 Å². The first-order valence-electron chi connectivity index (χ1n) is 9.53. The van der Waals surface area contributed by atoms with Gasteiger partial charge in [-0.15, -0.1) is 5.10 Å². The maximum absolute atomic E-state index is 13.3. The van der Waals surface area contributed by atoms with E-state index < -0.39 is 6.04 Å². The minimum atomic E-state index is -0.430. The largest absolute Gasteiger partial charge is 0.370 e. The molecule has 0 N–H and O–H groups in total. The van der Waals surface area contributed by atoms with Crippen molar-refractivity contribution in [1.29, 1.82) is 0 Å². The zero-order chi connectivity index (χ0) is 18.7. The molecule has 7 heteroatoms. The maximum Gasteiger partial charge on any atom is 0.247 e. The van der Waals surface area contributed by atoms with Crippen LogP contribution in [0.25, 0.3) is 0 Å². The summed E-state index contributed by atoms with van der Waals surface area (Å²) in [4.78, 5) is 15.2. The lowest BCUT2D eigenvalue weighted by atomic mass is 9.86. The van der Waals surface area contributed by atoms with Crippen molar-refractivity contribution >= 4 is 5.91 Å². The molecular formula is C20H25N5O2. The van der Waals surface area contributed by atoms with E-state index in [0.29, 0.717) is 19.5 Å². The van der Waals surface area contributed by atoms with E-state index in [4.69, 9.17) is 4.74 Å². The number of nitrogens with zero attached hydrogens (tertiary/aromatic N) is 5. The van der Waals surface area contributed by atoms with E-state index in [2.05, 4.69) is 28.5 Å². The van der Waals surface area contributed by atoms with Crippen LogP contribution in [-0.2, 0) is 16.0 Å². The third-order valence-electron chi connectivity index (χ3n) is 5.56. The van der Waals surface area contributed by atoms with Crippen LogP contribution in [0.5, 0.6) is 0 Å². The Morgan fingerprint density at radius 1 is 1.26 bits per heavy atom. The standard InChI is InChI=1S/C20H25N5O2/c1-16-7-12-27-20(14-16)8-10-24(11-9-20)19(26)18(25-15-21-22-23-25)13-17-5-3-2-4-6-17/h2-6,14-15,18H,7-13H2,1H3. The Balaban J connectivity index is 1.48. The number of carbonyl (C=O) groups excluding carboxylic acids is 1. The number of amides is 1. The average Bonchev–Trinajstić information content (AvgIpc) is 3.21. The molecule has 7 nitrogen and oxygen atoms in total. The third kappa shape index (κ3) is 3.93. The van der Waals surface area contributed by atoms with Crippen molar-refractivity contribution in [2.24, 2.45) is 0 Å². The summed E-state index contributed by atoms with van der Waals surface area (Å²) in [5, 5.41) is 11.4. The van der Waals surface area contributed by atoms with Crippen LogP contribution >= 0.6 is 0 Å². The Morgan fingerprint density at radius 3 is 2.70 bits per heavy atom. The van der Waals surface area contributed by atoms with Gasteiger partial charge in [0.1, 0.15) is 12.4 Å². The molecular weight excluding hydrogens is 342 g/mol. The normalized spacial score (nSPS) is 20.3. The fraction of sp³-hybridized carbons (Fsp3) is 0.500. The van der Waals surface area contributed by atoms with Crippen molar-refractivity contribution in [1.82, 2.24) is 25.1 Å². The molecule has 0 saturated carbocycles. The van der Waals surface area contributed by atoms with Crippen molar-refractivity contribution in [3.63, 3.8) is 0 Å². The molecule has 27 heavy (non-hydrogen) atoms. The Hall–Kier alpha value is -2.54. The predicted octanol–water partition coefficient (Wildman–Crippen LogP) is 2.18. The summed E-state index contributed by atoms with van der Waals surface area (Å²) in [6.07, 6.45) is 7.03. The molecule has 4 rings (SSSR count). The molecule has 1 spiro atoms. The summed E-state index contributed by atoms with van der Waals surface area (Å²) in [5.74, 6) is 0.0671. The average molecular weight is 367 g/mol. The van der Waals surface area contributed by atoms with Gasteiger partial charge in [0.2, 0.25) is 5.91 Å². The summed E-state index contributed by atoms with van der Waals surface area (Å²) in [5.41, 5.74) is 2.29. The SMILES string of the molecule is CC1=CC2(CCN(C(=O)C(Cc3ccccc3)n3cnnn3)CC2)OCC1. The van der Waals surface area contributed by atoms with Gasteiger partial charge in [0.15, 0.2) is 0 Å². The molecule has 1 atom stereocenters. The van der Waals surface area contributed by atoms with Crippen molar-refractivity contribution in [2.75, 3.05) is 19.7 Å². The van der Waals surface area contributed by atoms with Crippen molar-refractivity contribution < 1.29 is 9.53 Å². The highest BCUT2D eigenvalue weighted by Crippen LogP contribution is 2.33. The molecule has 1 fully saturated rings. The van der Waals surface area contributed by atoms with E-state index in [1.165, 1.54) is 11.9 Å². The van der Waals surface area contributed by atoms with Gasteiger partial charge in [-0.1, -0.05) is 42.0 Å². The number of likely N-dealkylation sites (tertiary alicyclic amines) is 1. The smallest absolute Gasteiger partial charge is 0.247 e. The summed E-state index contributed by atoms with van der Waals surface area (Å²) in [6.45, 7) is 4.32. The number of benzene rings is 1. The van der Waals surface area contributed by atoms with Crippen LogP contribution < -0.4 is 0 Å². The minimum Gasteiger partial charge on any atom is -0.370 e. The van der Waals surface area contributed by atoms with Crippen LogP contribution in [0.3, 0.4) is 0 Å². The zero-order valence-electron chi connectivity index (χ0n) is 15.6.